The molecule has 1 rings (SSSR count). The first kappa shape index (κ1) is 14.7. The highest BCUT2D eigenvalue weighted by Gasteiger charge is 2.31. The maximum absolute atomic E-state index is 13.6. The van der Waals surface area contributed by atoms with Crippen molar-refractivity contribution in [2.24, 2.45) is 0 Å². The van der Waals surface area contributed by atoms with Gasteiger partial charge in [-0.2, -0.15) is 13.2 Å². The lowest BCUT2D eigenvalue weighted by Crippen LogP contribution is -2.22. The molecule has 5 heteroatoms. The van der Waals surface area contributed by atoms with Gasteiger partial charge in [-0.1, -0.05) is 13.0 Å². The largest absolute Gasteiger partial charge is 0.416 e. The number of hydrogen-bond donors (Lipinski definition) is 1. The average Bonchev–Trinajstić information content (AvgIpc) is 2.28. The molecule has 0 radical (unpaired) electrons. The summed E-state index contributed by atoms with van der Waals surface area (Å²) in [6.07, 6.45) is -2.55. The molecule has 1 aromatic rings. The Morgan fingerprint density at radius 3 is 2.56 bits per heavy atom. The lowest BCUT2D eigenvalue weighted by molar-refractivity contribution is -0.137. The summed E-state index contributed by atoms with van der Waals surface area (Å²) in [6.45, 7) is 5.87. The second-order valence-corrected chi connectivity index (χ2v) is 3.87. The quantitative estimate of drug-likeness (QED) is 0.622. The summed E-state index contributed by atoms with van der Waals surface area (Å²) in [4.78, 5) is 0. The van der Waals surface area contributed by atoms with Crippen LogP contribution in [0.3, 0.4) is 0 Å². The molecule has 18 heavy (non-hydrogen) atoms. The maximum Gasteiger partial charge on any atom is 0.416 e. The van der Waals surface area contributed by atoms with Crippen LogP contribution in [0.25, 0.3) is 0 Å². The molecule has 0 heterocycles. The van der Waals surface area contributed by atoms with Gasteiger partial charge in [-0.05, 0) is 31.2 Å². The van der Waals surface area contributed by atoms with Gasteiger partial charge < -0.3 is 5.32 Å². The topological polar surface area (TPSA) is 12.0 Å². The number of hydrogen-bond acceptors (Lipinski definition) is 1. The zero-order chi connectivity index (χ0) is 13.8. The molecule has 0 aliphatic rings. The lowest BCUT2D eigenvalue weighted by atomic mass is 10.00. The molecule has 0 aromatic heterocycles. The molecule has 1 aromatic carbocycles. The van der Waals surface area contributed by atoms with Crippen LogP contribution in [0.5, 0.6) is 0 Å². The monoisotopic (exact) mass is 261 g/mol. The number of nitrogens with one attached hydrogen (secondary N) is 1. The summed E-state index contributed by atoms with van der Waals surface area (Å²) in [6, 6.07) is 1.96. The van der Waals surface area contributed by atoms with Gasteiger partial charge in [-0.3, -0.25) is 0 Å². The average molecular weight is 261 g/mol. The van der Waals surface area contributed by atoms with Crippen molar-refractivity contribution in [3.8, 4) is 0 Å². The van der Waals surface area contributed by atoms with Crippen LogP contribution in [-0.2, 0) is 6.18 Å². The molecule has 1 N–H and O–H groups in total. The first-order valence-electron chi connectivity index (χ1n) is 5.61. The maximum atomic E-state index is 13.6. The Balaban J connectivity index is 3.15. The van der Waals surface area contributed by atoms with Crippen LogP contribution < -0.4 is 5.32 Å². The number of rotatable bonds is 5. The molecule has 0 spiro atoms. The zero-order valence-corrected chi connectivity index (χ0v) is 10.0. The third kappa shape index (κ3) is 3.57. The van der Waals surface area contributed by atoms with Gasteiger partial charge in [-0.15, -0.1) is 6.58 Å². The van der Waals surface area contributed by atoms with E-state index in [1.807, 2.05) is 6.92 Å². The van der Waals surface area contributed by atoms with Gasteiger partial charge in [0.1, 0.15) is 5.82 Å². The van der Waals surface area contributed by atoms with Gasteiger partial charge in [0.15, 0.2) is 0 Å². The van der Waals surface area contributed by atoms with Gasteiger partial charge in [0.05, 0.1) is 5.56 Å². The molecular weight excluding hydrogens is 246 g/mol. The first-order chi connectivity index (χ1) is 8.40. The summed E-state index contributed by atoms with van der Waals surface area (Å²) in [5.74, 6) is -0.643. The first-order valence-corrected chi connectivity index (χ1v) is 5.61. The summed E-state index contributed by atoms with van der Waals surface area (Å²) >= 11 is 0. The summed E-state index contributed by atoms with van der Waals surface area (Å²) in [5, 5.41) is 2.94. The fourth-order valence-electron chi connectivity index (χ4n) is 1.72. The normalized spacial score (nSPS) is 13.4. The SMILES string of the molecule is C=CCC(NCC)c1cc(C(F)(F)F)ccc1F. The van der Waals surface area contributed by atoms with Crippen molar-refractivity contribution in [2.75, 3.05) is 6.54 Å². The van der Waals surface area contributed by atoms with Gasteiger partial charge in [0.25, 0.3) is 0 Å². The van der Waals surface area contributed by atoms with Crippen LogP contribution >= 0.6 is 0 Å². The van der Waals surface area contributed by atoms with E-state index >= 15 is 0 Å². The Labute approximate surface area is 104 Å². The minimum Gasteiger partial charge on any atom is -0.310 e. The van der Waals surface area contributed by atoms with Crippen LogP contribution in [-0.4, -0.2) is 6.54 Å². The third-order valence-corrected chi connectivity index (χ3v) is 2.55. The molecule has 1 nitrogen and oxygen atoms in total. The second kappa shape index (κ2) is 6.00. The molecular formula is C13H15F4N. The number of benzene rings is 1. The van der Waals surface area contributed by atoms with Crippen molar-refractivity contribution in [3.63, 3.8) is 0 Å². The predicted molar refractivity (Wildman–Crippen MR) is 62.6 cm³/mol. The second-order valence-electron chi connectivity index (χ2n) is 3.87. The Hall–Kier alpha value is -1.36. The Morgan fingerprint density at radius 2 is 2.06 bits per heavy atom. The van der Waals surface area contributed by atoms with Crippen molar-refractivity contribution < 1.29 is 17.6 Å². The van der Waals surface area contributed by atoms with E-state index in [0.29, 0.717) is 13.0 Å². The Bertz CT molecular complexity index is 412. The molecule has 1 unspecified atom stereocenters. The lowest BCUT2D eigenvalue weighted by Gasteiger charge is -2.19. The van der Waals surface area contributed by atoms with E-state index in [4.69, 9.17) is 0 Å². The van der Waals surface area contributed by atoms with Gasteiger partial charge in [0.2, 0.25) is 0 Å². The molecule has 100 valence electrons. The molecule has 0 saturated carbocycles. The summed E-state index contributed by atoms with van der Waals surface area (Å²) < 4.78 is 51.3. The van der Waals surface area contributed by atoms with Crippen molar-refractivity contribution in [2.45, 2.75) is 25.6 Å². The van der Waals surface area contributed by atoms with Crippen LogP contribution in [0.2, 0.25) is 0 Å². The van der Waals surface area contributed by atoms with Gasteiger partial charge in [-0.25, -0.2) is 4.39 Å². The summed E-state index contributed by atoms with van der Waals surface area (Å²) in [5.41, 5.74) is -0.822. The van der Waals surface area contributed by atoms with E-state index in [9.17, 15) is 17.6 Å². The van der Waals surface area contributed by atoms with E-state index in [2.05, 4.69) is 11.9 Å². The van der Waals surface area contributed by atoms with Crippen LogP contribution in [0.15, 0.2) is 30.9 Å². The van der Waals surface area contributed by atoms with E-state index in [-0.39, 0.29) is 5.56 Å². The molecule has 0 aliphatic heterocycles. The third-order valence-electron chi connectivity index (χ3n) is 2.55. The highest BCUT2D eigenvalue weighted by Crippen LogP contribution is 2.32. The molecule has 0 fully saturated rings. The van der Waals surface area contributed by atoms with Crippen LogP contribution in [0.1, 0.15) is 30.5 Å². The standard InChI is InChI=1S/C13H15F4N/c1-3-5-12(18-4-2)10-8-9(13(15,16)17)6-7-11(10)14/h3,6-8,12,18H,1,4-5H2,2H3. The molecule has 0 amide bonds. The Morgan fingerprint density at radius 1 is 1.39 bits per heavy atom. The minimum atomic E-state index is -4.46. The van der Waals surface area contributed by atoms with Crippen molar-refractivity contribution in [3.05, 3.63) is 47.8 Å². The minimum absolute atomic E-state index is 0.0200. The number of halogens is 4. The highest BCUT2D eigenvalue weighted by atomic mass is 19.4. The van der Waals surface area contributed by atoms with Gasteiger partial charge >= 0.3 is 6.18 Å². The van der Waals surface area contributed by atoms with Gasteiger partial charge in [0, 0.05) is 11.6 Å². The van der Waals surface area contributed by atoms with Crippen molar-refractivity contribution in [1.29, 1.82) is 0 Å². The summed E-state index contributed by atoms with van der Waals surface area (Å²) in [7, 11) is 0. The van der Waals surface area contributed by atoms with E-state index in [1.54, 1.807) is 6.08 Å². The molecule has 1 atom stereocenters. The van der Waals surface area contributed by atoms with Crippen molar-refractivity contribution in [1.82, 2.24) is 5.32 Å². The molecule has 0 aliphatic carbocycles. The smallest absolute Gasteiger partial charge is 0.310 e. The fraction of sp³-hybridized carbons (Fsp3) is 0.385. The predicted octanol–water partition coefficient (Wildman–Crippen LogP) is 4.07. The zero-order valence-electron chi connectivity index (χ0n) is 10.0. The molecule has 0 bridgehead atoms. The van der Waals surface area contributed by atoms with Crippen LogP contribution in [0.4, 0.5) is 17.6 Å². The van der Waals surface area contributed by atoms with E-state index in [0.717, 1.165) is 18.2 Å². The van der Waals surface area contributed by atoms with Crippen LogP contribution in [0, 0.1) is 5.82 Å². The number of alkyl halides is 3. The van der Waals surface area contributed by atoms with E-state index < -0.39 is 23.6 Å². The highest BCUT2D eigenvalue weighted by molar-refractivity contribution is 5.30. The fourth-order valence-corrected chi connectivity index (χ4v) is 1.72. The molecule has 0 saturated heterocycles. The Kier molecular flexibility index (Phi) is 4.90. The van der Waals surface area contributed by atoms with Crippen molar-refractivity contribution >= 4 is 0 Å². The van der Waals surface area contributed by atoms with E-state index in [1.165, 1.54) is 0 Å².